The van der Waals surface area contributed by atoms with Gasteiger partial charge in [0.15, 0.2) is 0 Å². The van der Waals surface area contributed by atoms with Crippen LogP contribution in [0.5, 0.6) is 0 Å². The van der Waals surface area contributed by atoms with Crippen molar-refractivity contribution in [2.45, 2.75) is 58.0 Å². The zero-order chi connectivity index (χ0) is 12.3. The summed E-state index contributed by atoms with van der Waals surface area (Å²) < 4.78 is 0. The van der Waals surface area contributed by atoms with Crippen LogP contribution in [-0.4, -0.2) is 35.0 Å². The second-order valence-electron chi connectivity index (χ2n) is 6.77. The molecule has 2 aliphatic heterocycles. The third-order valence-electron chi connectivity index (χ3n) is 5.92. The summed E-state index contributed by atoms with van der Waals surface area (Å²) in [4.78, 5) is 13.7. The summed E-state index contributed by atoms with van der Waals surface area (Å²) in [6.07, 6.45) is 5.62. The maximum atomic E-state index is 11.3. The first kappa shape index (κ1) is 11.5. The molecule has 0 aromatic heterocycles. The molecule has 2 heterocycles. The van der Waals surface area contributed by atoms with Crippen LogP contribution in [0.15, 0.2) is 0 Å². The monoisotopic (exact) mass is 238 g/mol. The lowest BCUT2D eigenvalue weighted by Crippen LogP contribution is -2.49. The highest BCUT2D eigenvalue weighted by Crippen LogP contribution is 2.62. The van der Waals surface area contributed by atoms with Crippen molar-refractivity contribution in [1.29, 1.82) is 0 Å². The predicted octanol–water partition coefficient (Wildman–Crippen LogP) is 2.31. The normalized spacial score (nSPS) is 44.4. The Kier molecular flexibility index (Phi) is 2.31. The minimum absolute atomic E-state index is 0.00780. The van der Waals surface area contributed by atoms with Crippen molar-refractivity contribution in [3.05, 3.63) is 10.1 Å². The molecule has 0 N–H and O–H groups in total. The van der Waals surface area contributed by atoms with Gasteiger partial charge in [-0.15, -0.1) is 0 Å². The molecular formula is C13H22N2O2. The smallest absolute Gasteiger partial charge is 0.230 e. The van der Waals surface area contributed by atoms with Crippen molar-refractivity contribution in [3.63, 3.8) is 0 Å². The molecule has 0 aromatic rings. The summed E-state index contributed by atoms with van der Waals surface area (Å²) in [6.45, 7) is 6.68. The summed E-state index contributed by atoms with van der Waals surface area (Å²) in [5, 5.41) is 11.3. The van der Waals surface area contributed by atoms with E-state index in [1.165, 1.54) is 25.7 Å². The van der Waals surface area contributed by atoms with Gasteiger partial charge in [-0.1, -0.05) is 20.3 Å². The van der Waals surface area contributed by atoms with Gasteiger partial charge in [-0.3, -0.25) is 15.0 Å². The minimum Gasteiger partial charge on any atom is -0.293 e. The van der Waals surface area contributed by atoms with Crippen molar-refractivity contribution >= 4 is 0 Å². The third kappa shape index (κ3) is 1.33. The summed E-state index contributed by atoms with van der Waals surface area (Å²) in [5.74, 6) is 0. The van der Waals surface area contributed by atoms with Crippen LogP contribution in [0.1, 0.15) is 46.0 Å². The first-order valence-electron chi connectivity index (χ1n) is 6.85. The number of hydrogen-bond donors (Lipinski definition) is 0. The van der Waals surface area contributed by atoms with Gasteiger partial charge in [0.1, 0.15) is 0 Å². The molecule has 17 heavy (non-hydrogen) atoms. The maximum absolute atomic E-state index is 11.3. The molecule has 4 heteroatoms. The molecule has 2 saturated heterocycles. The number of nitrogens with zero attached hydrogens (tertiary/aromatic N) is 2. The van der Waals surface area contributed by atoms with Crippen molar-refractivity contribution in [2.24, 2.45) is 10.8 Å². The fourth-order valence-corrected chi connectivity index (χ4v) is 4.96. The van der Waals surface area contributed by atoms with Crippen LogP contribution in [0.25, 0.3) is 0 Å². The Morgan fingerprint density at radius 2 is 2.00 bits per heavy atom. The van der Waals surface area contributed by atoms with E-state index in [0.717, 1.165) is 19.5 Å². The Morgan fingerprint density at radius 1 is 1.24 bits per heavy atom. The zero-order valence-electron chi connectivity index (χ0n) is 10.8. The van der Waals surface area contributed by atoms with Gasteiger partial charge in [0.2, 0.25) is 6.04 Å². The van der Waals surface area contributed by atoms with Gasteiger partial charge in [-0.2, -0.15) is 0 Å². The lowest BCUT2D eigenvalue weighted by atomic mass is 9.62. The fraction of sp³-hybridized carbons (Fsp3) is 1.00. The first-order chi connectivity index (χ1) is 7.98. The van der Waals surface area contributed by atoms with E-state index in [0.29, 0.717) is 0 Å². The van der Waals surface area contributed by atoms with Crippen molar-refractivity contribution in [1.82, 2.24) is 4.90 Å². The second-order valence-corrected chi connectivity index (χ2v) is 6.77. The third-order valence-corrected chi connectivity index (χ3v) is 5.92. The summed E-state index contributed by atoms with van der Waals surface area (Å²) in [6, 6.07) is -0.0927. The summed E-state index contributed by atoms with van der Waals surface area (Å²) in [5.41, 5.74) is 0.506. The maximum Gasteiger partial charge on any atom is 0.230 e. The Morgan fingerprint density at radius 3 is 2.59 bits per heavy atom. The SMILES string of the molecule is CC1(C)CCC[C@]12CCN1CC[C@H]([N+](=O)[O-])[C@H]12. The lowest BCUT2D eigenvalue weighted by molar-refractivity contribution is -0.528. The van der Waals surface area contributed by atoms with Crippen LogP contribution in [0.2, 0.25) is 0 Å². The highest BCUT2D eigenvalue weighted by atomic mass is 16.6. The molecule has 96 valence electrons. The van der Waals surface area contributed by atoms with E-state index in [2.05, 4.69) is 18.7 Å². The quantitative estimate of drug-likeness (QED) is 0.520. The van der Waals surface area contributed by atoms with E-state index in [1.807, 2.05) is 0 Å². The molecule has 0 amide bonds. The van der Waals surface area contributed by atoms with Crippen LogP contribution < -0.4 is 0 Å². The van der Waals surface area contributed by atoms with Crippen molar-refractivity contribution < 1.29 is 4.92 Å². The van der Waals surface area contributed by atoms with Crippen LogP contribution >= 0.6 is 0 Å². The van der Waals surface area contributed by atoms with Crippen molar-refractivity contribution in [2.75, 3.05) is 13.1 Å². The Labute approximate surface area is 103 Å². The first-order valence-corrected chi connectivity index (χ1v) is 6.85. The van der Waals surface area contributed by atoms with E-state index in [9.17, 15) is 10.1 Å². The topological polar surface area (TPSA) is 46.4 Å². The van der Waals surface area contributed by atoms with Crippen molar-refractivity contribution in [3.8, 4) is 0 Å². The molecule has 0 unspecified atom stereocenters. The number of hydrogen-bond acceptors (Lipinski definition) is 3. The van der Waals surface area contributed by atoms with Crippen LogP contribution in [0, 0.1) is 20.9 Å². The van der Waals surface area contributed by atoms with Crippen LogP contribution in [0.4, 0.5) is 0 Å². The minimum atomic E-state index is -0.310. The average Bonchev–Trinajstić information content (AvgIpc) is 2.84. The van der Waals surface area contributed by atoms with E-state index in [1.54, 1.807) is 0 Å². The highest BCUT2D eigenvalue weighted by Gasteiger charge is 2.64. The molecular weight excluding hydrogens is 216 g/mol. The molecule has 0 bridgehead atoms. The molecule has 1 aliphatic carbocycles. The molecule has 1 saturated carbocycles. The van der Waals surface area contributed by atoms with E-state index in [-0.39, 0.29) is 27.8 Å². The van der Waals surface area contributed by atoms with Gasteiger partial charge in [-0.25, -0.2) is 0 Å². The largest absolute Gasteiger partial charge is 0.293 e. The molecule has 3 aliphatic rings. The van der Waals surface area contributed by atoms with Gasteiger partial charge >= 0.3 is 0 Å². The Bertz CT molecular complexity index is 355. The molecule has 0 radical (unpaired) electrons. The fourth-order valence-electron chi connectivity index (χ4n) is 4.96. The Balaban J connectivity index is 1.99. The molecule has 3 rings (SSSR count). The molecule has 4 nitrogen and oxygen atoms in total. The molecule has 0 aromatic carbocycles. The van der Waals surface area contributed by atoms with Gasteiger partial charge in [-0.05, 0) is 36.6 Å². The Hall–Kier alpha value is -0.640. The van der Waals surface area contributed by atoms with Gasteiger partial charge in [0.05, 0.1) is 6.04 Å². The molecule has 1 spiro atoms. The van der Waals surface area contributed by atoms with Crippen LogP contribution in [-0.2, 0) is 0 Å². The van der Waals surface area contributed by atoms with E-state index in [4.69, 9.17) is 0 Å². The van der Waals surface area contributed by atoms with E-state index < -0.39 is 0 Å². The number of nitro groups is 1. The summed E-state index contributed by atoms with van der Waals surface area (Å²) in [7, 11) is 0. The van der Waals surface area contributed by atoms with E-state index >= 15 is 0 Å². The molecule has 3 fully saturated rings. The predicted molar refractivity (Wildman–Crippen MR) is 65.4 cm³/mol. The zero-order valence-corrected chi connectivity index (χ0v) is 10.8. The molecule has 3 atom stereocenters. The number of rotatable bonds is 1. The second kappa shape index (κ2) is 3.44. The standard InChI is InChI=1S/C13H22N2O2/c1-12(2)5-3-6-13(12)7-9-14-8-4-10(11(13)14)15(16)17/h10-11H,3-9H2,1-2H3/t10-,11-,13+/m0/s1. The van der Waals surface area contributed by atoms with Gasteiger partial charge in [0, 0.05) is 17.9 Å². The lowest BCUT2D eigenvalue weighted by Gasteiger charge is -2.43. The number of fused-ring (bicyclic) bond motifs is 2. The van der Waals surface area contributed by atoms with Crippen LogP contribution in [0.3, 0.4) is 0 Å². The summed E-state index contributed by atoms with van der Waals surface area (Å²) >= 11 is 0. The van der Waals surface area contributed by atoms with Gasteiger partial charge < -0.3 is 0 Å². The highest BCUT2D eigenvalue weighted by molar-refractivity contribution is 5.13. The average molecular weight is 238 g/mol. The van der Waals surface area contributed by atoms with Gasteiger partial charge in [0.25, 0.3) is 0 Å².